The van der Waals surface area contributed by atoms with Crippen molar-refractivity contribution < 1.29 is 38.8 Å². The Morgan fingerprint density at radius 3 is 2.61 bits per heavy atom. The van der Waals surface area contributed by atoms with Crippen LogP contribution in [0.2, 0.25) is 0 Å². The Kier molecular flexibility index (Phi) is 10.6. The Morgan fingerprint density at radius 2 is 1.95 bits per heavy atom. The number of halogens is 1. The molecule has 2 aliphatic carbocycles. The minimum atomic E-state index is -1.16. The van der Waals surface area contributed by atoms with Gasteiger partial charge >= 0.3 is 0 Å². The van der Waals surface area contributed by atoms with Gasteiger partial charge in [0.15, 0.2) is 11.5 Å². The lowest BCUT2D eigenvalue weighted by molar-refractivity contribution is -0.139. The number of aliphatic hydroxyl groups excluding tert-OH is 2. The minimum absolute atomic E-state index is 0.0600. The van der Waals surface area contributed by atoms with Crippen LogP contribution in [0, 0.1) is 9.49 Å². The lowest BCUT2D eigenvalue weighted by atomic mass is 9.87. The van der Waals surface area contributed by atoms with Gasteiger partial charge in [0.25, 0.3) is 0 Å². The molecule has 0 aliphatic heterocycles. The number of ether oxygens (including phenoxy) is 3. The molecule has 3 unspecified atom stereocenters. The number of rotatable bonds is 13. The van der Waals surface area contributed by atoms with E-state index in [4.69, 9.17) is 14.2 Å². The highest BCUT2D eigenvalue weighted by atomic mass is 127. The number of aldehydes is 1. The number of nitrogens with one attached hydrogen (secondary N) is 1. The number of aliphatic hydroxyl groups is 2. The van der Waals surface area contributed by atoms with Crippen molar-refractivity contribution in [1.82, 2.24) is 10.2 Å². The predicted molar refractivity (Wildman–Crippen MR) is 159 cm³/mol. The molecule has 10 nitrogen and oxygen atoms in total. The summed E-state index contributed by atoms with van der Waals surface area (Å²) in [6.45, 7) is 0.169. The summed E-state index contributed by atoms with van der Waals surface area (Å²) in [5.41, 5.74) is 1.72. The number of amides is 2. The molecule has 220 valence electrons. The second kappa shape index (κ2) is 14.1. The smallest absolute Gasteiger partial charge is 0.247 e. The number of methoxy groups -OCH3 is 2. The summed E-state index contributed by atoms with van der Waals surface area (Å²) in [5, 5.41) is 23.6. The van der Waals surface area contributed by atoms with Crippen molar-refractivity contribution >= 4 is 40.7 Å². The molecule has 2 amide bonds. The van der Waals surface area contributed by atoms with Crippen LogP contribution in [0.3, 0.4) is 0 Å². The Balaban J connectivity index is 1.67. The van der Waals surface area contributed by atoms with E-state index in [0.29, 0.717) is 51.2 Å². The van der Waals surface area contributed by atoms with Crippen molar-refractivity contribution in [3.8, 4) is 17.2 Å². The third-order valence-corrected chi connectivity index (χ3v) is 8.04. The largest absolute Gasteiger partial charge is 0.497 e. The third-order valence-electron chi connectivity index (χ3n) is 7.24. The second-order valence-electron chi connectivity index (χ2n) is 10.1. The molecule has 0 bridgehead atoms. The van der Waals surface area contributed by atoms with Gasteiger partial charge in [-0.1, -0.05) is 12.1 Å². The number of carbonyl (C=O) groups excluding carboxylic acids is 3. The predicted octanol–water partition coefficient (Wildman–Crippen LogP) is 2.52. The average molecular weight is 679 g/mol. The molecule has 0 heterocycles. The van der Waals surface area contributed by atoms with Gasteiger partial charge in [0.05, 0.1) is 30.4 Å². The van der Waals surface area contributed by atoms with Crippen molar-refractivity contribution in [2.24, 2.45) is 5.92 Å². The van der Waals surface area contributed by atoms with E-state index in [1.165, 1.54) is 13.2 Å². The molecule has 1 saturated carbocycles. The third kappa shape index (κ3) is 7.57. The molecule has 0 saturated heterocycles. The molecule has 3 N–H and O–H groups in total. The van der Waals surface area contributed by atoms with Crippen LogP contribution in [-0.4, -0.2) is 85.4 Å². The molecule has 11 heteroatoms. The van der Waals surface area contributed by atoms with E-state index in [2.05, 4.69) is 5.32 Å². The molecule has 0 radical (unpaired) electrons. The second-order valence-corrected chi connectivity index (χ2v) is 11.2. The number of hydrogen-bond donors (Lipinski definition) is 3. The first-order valence-electron chi connectivity index (χ1n) is 13.5. The Labute approximate surface area is 252 Å². The fourth-order valence-corrected chi connectivity index (χ4v) is 5.67. The van der Waals surface area contributed by atoms with Crippen LogP contribution in [0.25, 0.3) is 0 Å². The number of nitrogens with zero attached hydrogens (tertiary/aromatic N) is 1. The monoisotopic (exact) mass is 678 g/mol. The van der Waals surface area contributed by atoms with Gasteiger partial charge in [-0.2, -0.15) is 0 Å². The Morgan fingerprint density at radius 1 is 1.17 bits per heavy atom. The fourth-order valence-electron chi connectivity index (χ4n) is 4.92. The maximum absolute atomic E-state index is 13.6. The van der Waals surface area contributed by atoms with Crippen LogP contribution in [0.15, 0.2) is 48.0 Å². The molecule has 41 heavy (non-hydrogen) atoms. The van der Waals surface area contributed by atoms with Crippen molar-refractivity contribution in [3.05, 3.63) is 62.7 Å². The van der Waals surface area contributed by atoms with Crippen LogP contribution in [0.4, 0.5) is 0 Å². The van der Waals surface area contributed by atoms with E-state index < -0.39 is 24.2 Å². The molecule has 2 aromatic carbocycles. The SMILES string of the molecule is COc1cccc(CCN(C(=O)C2CC2)C2CC(C(=O)NCCO)=CC(Oc3c(I)cc(C=O)cc3OC)C2O)c1. The zero-order valence-corrected chi connectivity index (χ0v) is 25.2. The van der Waals surface area contributed by atoms with Crippen LogP contribution < -0.4 is 19.5 Å². The van der Waals surface area contributed by atoms with Crippen molar-refractivity contribution in [1.29, 1.82) is 0 Å². The van der Waals surface area contributed by atoms with E-state index in [9.17, 15) is 24.6 Å². The van der Waals surface area contributed by atoms with Crippen molar-refractivity contribution in [2.45, 2.75) is 43.9 Å². The molecular formula is C30H35IN2O8. The van der Waals surface area contributed by atoms with E-state index in [1.807, 2.05) is 46.9 Å². The minimum Gasteiger partial charge on any atom is -0.497 e. The van der Waals surface area contributed by atoms with E-state index in [0.717, 1.165) is 18.4 Å². The van der Waals surface area contributed by atoms with Gasteiger partial charge in [-0.25, -0.2) is 0 Å². The molecule has 1 fully saturated rings. The van der Waals surface area contributed by atoms with Crippen LogP contribution in [0.1, 0.15) is 35.2 Å². The molecule has 0 spiro atoms. The van der Waals surface area contributed by atoms with E-state index in [1.54, 1.807) is 24.2 Å². The van der Waals surface area contributed by atoms with Gasteiger partial charge in [0.1, 0.15) is 24.2 Å². The summed E-state index contributed by atoms with van der Waals surface area (Å²) < 4.78 is 17.7. The maximum Gasteiger partial charge on any atom is 0.247 e. The molecular weight excluding hydrogens is 643 g/mol. The lowest BCUT2D eigenvalue weighted by Crippen LogP contribution is -2.56. The summed E-state index contributed by atoms with van der Waals surface area (Å²) in [7, 11) is 3.05. The number of carbonyl (C=O) groups is 3. The summed E-state index contributed by atoms with van der Waals surface area (Å²) in [4.78, 5) is 39.7. The summed E-state index contributed by atoms with van der Waals surface area (Å²) in [5.74, 6) is 0.748. The number of benzene rings is 2. The first kappa shape index (κ1) is 30.8. The van der Waals surface area contributed by atoms with Gasteiger partial charge in [-0.3, -0.25) is 14.4 Å². The normalized spacial score (nSPS) is 20.0. The van der Waals surface area contributed by atoms with Crippen LogP contribution in [0.5, 0.6) is 17.2 Å². The molecule has 2 aliphatic rings. The number of hydrogen-bond acceptors (Lipinski definition) is 8. The fraction of sp³-hybridized carbons (Fsp3) is 0.433. The Bertz CT molecular complexity index is 1300. The Hall–Kier alpha value is -3.16. The van der Waals surface area contributed by atoms with Gasteiger partial charge in [0, 0.05) is 36.6 Å². The van der Waals surface area contributed by atoms with Gasteiger partial charge in [0.2, 0.25) is 11.8 Å². The maximum atomic E-state index is 13.6. The molecule has 3 atom stereocenters. The zero-order chi connectivity index (χ0) is 29.5. The molecule has 0 aromatic heterocycles. The van der Waals surface area contributed by atoms with Gasteiger partial charge in [-0.05, 0) is 77.8 Å². The van der Waals surface area contributed by atoms with Gasteiger partial charge in [-0.15, -0.1) is 0 Å². The first-order chi connectivity index (χ1) is 19.8. The van der Waals surface area contributed by atoms with Crippen molar-refractivity contribution in [3.63, 3.8) is 0 Å². The summed E-state index contributed by atoms with van der Waals surface area (Å²) in [6, 6.07) is 10.0. The highest BCUT2D eigenvalue weighted by Gasteiger charge is 2.44. The van der Waals surface area contributed by atoms with Crippen molar-refractivity contribution in [2.75, 3.05) is 33.9 Å². The standard InChI is InChI=1S/C30H35IN2O8/c1-39-22-5-3-4-18(12-22)8-10-33(30(38)20-6-7-20)24-15-21(29(37)32-9-11-34)16-25(27(24)36)41-28-23(31)13-19(17-35)14-26(28)40-2/h3-5,12-14,16-17,20,24-25,27,34,36H,6-11,15H2,1-2H3,(H,32,37). The molecule has 4 rings (SSSR count). The summed E-state index contributed by atoms with van der Waals surface area (Å²) >= 11 is 2.02. The summed E-state index contributed by atoms with van der Waals surface area (Å²) in [6.07, 6.45) is 2.31. The van der Waals surface area contributed by atoms with Crippen LogP contribution in [-0.2, 0) is 16.0 Å². The quantitative estimate of drug-likeness (QED) is 0.218. The highest BCUT2D eigenvalue weighted by molar-refractivity contribution is 14.1. The van der Waals surface area contributed by atoms with E-state index in [-0.39, 0.29) is 31.4 Å². The van der Waals surface area contributed by atoms with Crippen LogP contribution >= 0.6 is 22.6 Å². The zero-order valence-electron chi connectivity index (χ0n) is 23.0. The average Bonchev–Trinajstić information content (AvgIpc) is 3.84. The lowest BCUT2D eigenvalue weighted by Gasteiger charge is -2.41. The highest BCUT2D eigenvalue weighted by Crippen LogP contribution is 2.38. The first-order valence-corrected chi connectivity index (χ1v) is 14.6. The van der Waals surface area contributed by atoms with E-state index >= 15 is 0 Å². The topological polar surface area (TPSA) is 135 Å². The molecule has 2 aromatic rings. The van der Waals surface area contributed by atoms with Gasteiger partial charge < -0.3 is 34.6 Å².